The van der Waals surface area contributed by atoms with Gasteiger partial charge in [0.1, 0.15) is 5.75 Å². The molecule has 1 aliphatic rings. The van der Waals surface area contributed by atoms with Crippen molar-refractivity contribution in [3.63, 3.8) is 0 Å². The zero-order valence-electron chi connectivity index (χ0n) is 11.3. The van der Waals surface area contributed by atoms with Gasteiger partial charge in [-0.05, 0) is 42.2 Å². The standard InChI is InChI=1S/C15H23NOS/c1-11(2)9-18-10-15(16)12-3-5-13(6-4-12)17-14-7-8-14/h3-6,11,14-15H,7-10,16H2,1-2H3. The molecule has 18 heavy (non-hydrogen) atoms. The number of hydrogen-bond acceptors (Lipinski definition) is 3. The molecule has 1 fully saturated rings. The third-order valence-electron chi connectivity index (χ3n) is 2.88. The van der Waals surface area contributed by atoms with Crippen LogP contribution in [0.25, 0.3) is 0 Å². The molecular weight excluding hydrogens is 242 g/mol. The van der Waals surface area contributed by atoms with Crippen LogP contribution in [0.15, 0.2) is 24.3 Å². The van der Waals surface area contributed by atoms with Crippen LogP contribution < -0.4 is 10.5 Å². The maximum atomic E-state index is 6.18. The molecule has 0 spiro atoms. The average Bonchev–Trinajstić information content (AvgIpc) is 3.13. The van der Waals surface area contributed by atoms with Crippen molar-refractivity contribution >= 4 is 11.8 Å². The molecular formula is C15H23NOS. The van der Waals surface area contributed by atoms with E-state index in [1.807, 2.05) is 23.9 Å². The molecule has 2 N–H and O–H groups in total. The molecule has 2 rings (SSSR count). The summed E-state index contributed by atoms with van der Waals surface area (Å²) in [4.78, 5) is 0. The molecule has 1 aliphatic carbocycles. The molecule has 1 atom stereocenters. The zero-order chi connectivity index (χ0) is 13.0. The molecule has 1 unspecified atom stereocenters. The van der Waals surface area contributed by atoms with Crippen LogP contribution in [0.5, 0.6) is 5.75 Å². The number of nitrogens with two attached hydrogens (primary N) is 1. The fourth-order valence-corrected chi connectivity index (χ4v) is 2.75. The summed E-state index contributed by atoms with van der Waals surface area (Å²) in [7, 11) is 0. The van der Waals surface area contributed by atoms with Gasteiger partial charge < -0.3 is 10.5 Å². The van der Waals surface area contributed by atoms with E-state index < -0.39 is 0 Å². The summed E-state index contributed by atoms with van der Waals surface area (Å²) in [6, 6.07) is 8.40. The Morgan fingerprint density at radius 2 is 1.89 bits per heavy atom. The van der Waals surface area contributed by atoms with Crippen molar-refractivity contribution in [3.05, 3.63) is 29.8 Å². The highest BCUT2D eigenvalue weighted by atomic mass is 32.2. The first-order valence-electron chi connectivity index (χ1n) is 6.75. The van der Waals surface area contributed by atoms with Gasteiger partial charge in [0.05, 0.1) is 6.10 Å². The lowest BCUT2D eigenvalue weighted by Gasteiger charge is -2.13. The Kier molecular flexibility index (Phi) is 4.95. The van der Waals surface area contributed by atoms with Crippen molar-refractivity contribution in [3.8, 4) is 5.75 Å². The Hall–Kier alpha value is -0.670. The molecule has 100 valence electrons. The molecule has 0 amide bonds. The van der Waals surface area contributed by atoms with Crippen LogP contribution in [0.3, 0.4) is 0 Å². The maximum absolute atomic E-state index is 6.18. The van der Waals surface area contributed by atoms with Crippen molar-refractivity contribution in [2.45, 2.75) is 38.8 Å². The van der Waals surface area contributed by atoms with Gasteiger partial charge in [0.15, 0.2) is 0 Å². The molecule has 0 radical (unpaired) electrons. The van der Waals surface area contributed by atoms with Crippen molar-refractivity contribution in [2.24, 2.45) is 11.7 Å². The third-order valence-corrected chi connectivity index (χ3v) is 4.38. The highest BCUT2D eigenvalue weighted by Gasteiger charge is 2.23. The van der Waals surface area contributed by atoms with E-state index in [2.05, 4.69) is 26.0 Å². The summed E-state index contributed by atoms with van der Waals surface area (Å²) in [6.45, 7) is 4.48. The summed E-state index contributed by atoms with van der Waals surface area (Å²) in [6.07, 6.45) is 2.87. The first-order chi connectivity index (χ1) is 8.65. The fourth-order valence-electron chi connectivity index (χ4n) is 1.70. The van der Waals surface area contributed by atoms with Gasteiger partial charge in [0.25, 0.3) is 0 Å². The van der Waals surface area contributed by atoms with E-state index in [1.54, 1.807) is 0 Å². The van der Waals surface area contributed by atoms with Gasteiger partial charge in [-0.2, -0.15) is 11.8 Å². The van der Waals surface area contributed by atoms with Gasteiger partial charge in [-0.1, -0.05) is 26.0 Å². The van der Waals surface area contributed by atoms with E-state index in [0.29, 0.717) is 6.10 Å². The first kappa shape index (κ1) is 13.8. The third kappa shape index (κ3) is 4.54. The number of benzene rings is 1. The van der Waals surface area contributed by atoms with Gasteiger partial charge in [-0.25, -0.2) is 0 Å². The quantitative estimate of drug-likeness (QED) is 0.818. The number of hydrogen-bond donors (Lipinski definition) is 1. The number of ether oxygens (including phenoxy) is 1. The second-order valence-electron chi connectivity index (χ2n) is 5.42. The minimum absolute atomic E-state index is 0.128. The molecule has 1 aromatic carbocycles. The monoisotopic (exact) mass is 265 g/mol. The molecule has 0 heterocycles. The van der Waals surface area contributed by atoms with E-state index in [4.69, 9.17) is 10.5 Å². The Bertz CT molecular complexity index is 359. The van der Waals surface area contributed by atoms with Crippen LogP contribution in [-0.4, -0.2) is 17.6 Å². The molecule has 2 nitrogen and oxygen atoms in total. The Morgan fingerprint density at radius 3 is 2.44 bits per heavy atom. The predicted octanol–water partition coefficient (Wildman–Crippen LogP) is 3.62. The number of rotatable bonds is 7. The average molecular weight is 265 g/mol. The fraction of sp³-hybridized carbons (Fsp3) is 0.600. The molecule has 3 heteroatoms. The summed E-state index contributed by atoms with van der Waals surface area (Å²) in [5.74, 6) is 3.87. The van der Waals surface area contributed by atoms with E-state index in [1.165, 1.54) is 24.2 Å². The maximum Gasteiger partial charge on any atom is 0.119 e. The Labute approximate surface area is 114 Å². The second-order valence-corrected chi connectivity index (χ2v) is 6.50. The van der Waals surface area contributed by atoms with E-state index in [0.717, 1.165) is 17.4 Å². The highest BCUT2D eigenvalue weighted by molar-refractivity contribution is 7.99. The Balaban J connectivity index is 1.79. The molecule has 0 bridgehead atoms. The lowest BCUT2D eigenvalue weighted by Crippen LogP contribution is -2.13. The van der Waals surface area contributed by atoms with Gasteiger partial charge in [-0.15, -0.1) is 0 Å². The molecule has 0 saturated heterocycles. The highest BCUT2D eigenvalue weighted by Crippen LogP contribution is 2.27. The smallest absolute Gasteiger partial charge is 0.119 e. The van der Waals surface area contributed by atoms with Crippen LogP contribution in [0.4, 0.5) is 0 Å². The summed E-state index contributed by atoms with van der Waals surface area (Å²) >= 11 is 1.93. The zero-order valence-corrected chi connectivity index (χ0v) is 12.1. The Morgan fingerprint density at radius 1 is 1.22 bits per heavy atom. The minimum atomic E-state index is 0.128. The first-order valence-corrected chi connectivity index (χ1v) is 7.90. The second kappa shape index (κ2) is 6.48. The molecule has 0 aromatic heterocycles. The lowest BCUT2D eigenvalue weighted by molar-refractivity contribution is 0.303. The minimum Gasteiger partial charge on any atom is -0.490 e. The topological polar surface area (TPSA) is 35.2 Å². The SMILES string of the molecule is CC(C)CSCC(N)c1ccc(OC2CC2)cc1. The van der Waals surface area contributed by atoms with Crippen molar-refractivity contribution in [1.82, 2.24) is 0 Å². The van der Waals surface area contributed by atoms with Crippen molar-refractivity contribution < 1.29 is 4.74 Å². The summed E-state index contributed by atoms with van der Waals surface area (Å²) in [5, 5.41) is 0. The summed E-state index contributed by atoms with van der Waals surface area (Å²) < 4.78 is 5.73. The largest absolute Gasteiger partial charge is 0.490 e. The van der Waals surface area contributed by atoms with E-state index in [-0.39, 0.29) is 6.04 Å². The van der Waals surface area contributed by atoms with Crippen molar-refractivity contribution in [1.29, 1.82) is 0 Å². The molecule has 1 saturated carbocycles. The predicted molar refractivity (Wildman–Crippen MR) is 79.2 cm³/mol. The van der Waals surface area contributed by atoms with Crippen LogP contribution in [0.1, 0.15) is 38.3 Å². The van der Waals surface area contributed by atoms with Crippen LogP contribution in [0.2, 0.25) is 0 Å². The van der Waals surface area contributed by atoms with Gasteiger partial charge in [0, 0.05) is 11.8 Å². The van der Waals surface area contributed by atoms with E-state index >= 15 is 0 Å². The van der Waals surface area contributed by atoms with Gasteiger partial charge in [-0.3, -0.25) is 0 Å². The van der Waals surface area contributed by atoms with Crippen LogP contribution in [0, 0.1) is 5.92 Å². The van der Waals surface area contributed by atoms with Crippen LogP contribution >= 0.6 is 11.8 Å². The molecule has 0 aliphatic heterocycles. The lowest BCUT2D eigenvalue weighted by atomic mass is 10.1. The summed E-state index contributed by atoms with van der Waals surface area (Å²) in [5.41, 5.74) is 7.39. The normalized spacial score (nSPS) is 16.9. The van der Waals surface area contributed by atoms with Gasteiger partial charge >= 0.3 is 0 Å². The van der Waals surface area contributed by atoms with Gasteiger partial charge in [0.2, 0.25) is 0 Å². The van der Waals surface area contributed by atoms with Crippen molar-refractivity contribution in [2.75, 3.05) is 11.5 Å². The molecule has 1 aromatic rings. The van der Waals surface area contributed by atoms with E-state index in [9.17, 15) is 0 Å². The number of thioether (sulfide) groups is 1. The van der Waals surface area contributed by atoms with Crippen LogP contribution in [-0.2, 0) is 0 Å².